The van der Waals surface area contributed by atoms with Crippen molar-refractivity contribution in [1.29, 1.82) is 0 Å². The summed E-state index contributed by atoms with van der Waals surface area (Å²) in [6.07, 6.45) is 2.74. The predicted octanol–water partition coefficient (Wildman–Crippen LogP) is 3.45. The molecule has 0 spiro atoms. The lowest BCUT2D eigenvalue weighted by Gasteiger charge is -2.09. The second-order valence-corrected chi connectivity index (χ2v) is 6.84. The van der Waals surface area contributed by atoms with Crippen LogP contribution in [0.4, 0.5) is 5.69 Å². The molecule has 5 heteroatoms. The summed E-state index contributed by atoms with van der Waals surface area (Å²) in [5.41, 5.74) is 2.86. The first-order chi connectivity index (χ1) is 10.7. The highest BCUT2D eigenvalue weighted by Gasteiger charge is 2.15. The fraction of sp³-hybridized carbons (Fsp3) is 0.412. The number of thiazole rings is 1. The lowest BCUT2D eigenvalue weighted by Crippen LogP contribution is -2.15. The molecule has 1 saturated heterocycles. The van der Waals surface area contributed by atoms with Crippen molar-refractivity contribution < 1.29 is 4.79 Å². The van der Waals surface area contributed by atoms with E-state index in [1.54, 1.807) is 11.3 Å². The lowest BCUT2D eigenvalue weighted by atomic mass is 10.0. The number of benzene rings is 1. The first kappa shape index (κ1) is 15.2. The van der Waals surface area contributed by atoms with Gasteiger partial charge >= 0.3 is 0 Å². The molecular weight excluding hydrogens is 294 g/mol. The van der Waals surface area contributed by atoms with Crippen LogP contribution >= 0.6 is 11.3 Å². The summed E-state index contributed by atoms with van der Waals surface area (Å²) < 4.78 is 0. The highest BCUT2D eigenvalue weighted by atomic mass is 32.1. The van der Waals surface area contributed by atoms with E-state index < -0.39 is 0 Å². The third-order valence-electron chi connectivity index (χ3n) is 4.00. The van der Waals surface area contributed by atoms with Crippen LogP contribution in [-0.4, -0.2) is 24.0 Å². The van der Waals surface area contributed by atoms with Crippen LogP contribution in [0.5, 0.6) is 0 Å². The van der Waals surface area contributed by atoms with Gasteiger partial charge in [-0.1, -0.05) is 12.1 Å². The van der Waals surface area contributed by atoms with Crippen LogP contribution in [0, 0.1) is 12.8 Å². The van der Waals surface area contributed by atoms with Crippen LogP contribution in [0.15, 0.2) is 29.6 Å². The molecule has 2 heterocycles. The summed E-state index contributed by atoms with van der Waals surface area (Å²) in [6, 6.07) is 7.90. The molecule has 1 atom stereocenters. The summed E-state index contributed by atoms with van der Waals surface area (Å²) in [6.45, 7) is 4.13. The number of aromatic nitrogens is 1. The molecule has 116 valence electrons. The molecule has 1 fully saturated rings. The Labute approximate surface area is 135 Å². The standard InChI is InChI=1S/C17H21N3OS/c1-12-19-16(11-22-12)14-3-2-4-15(9-14)20-17(21)6-5-13-7-8-18-10-13/h2-4,9,11,13,18H,5-8,10H2,1H3,(H,20,21). The number of amides is 1. The van der Waals surface area contributed by atoms with Gasteiger partial charge in [-0.05, 0) is 50.9 Å². The molecular formula is C17H21N3OS. The largest absolute Gasteiger partial charge is 0.326 e. The van der Waals surface area contributed by atoms with Crippen molar-refractivity contribution in [1.82, 2.24) is 10.3 Å². The Balaban J connectivity index is 1.58. The third-order valence-corrected chi connectivity index (χ3v) is 4.78. The third kappa shape index (κ3) is 3.93. The van der Waals surface area contributed by atoms with E-state index in [2.05, 4.69) is 15.6 Å². The van der Waals surface area contributed by atoms with Gasteiger partial charge in [-0.15, -0.1) is 11.3 Å². The molecule has 0 bridgehead atoms. The summed E-state index contributed by atoms with van der Waals surface area (Å²) in [5.74, 6) is 0.744. The Morgan fingerprint density at radius 3 is 3.14 bits per heavy atom. The minimum Gasteiger partial charge on any atom is -0.326 e. The minimum absolute atomic E-state index is 0.0958. The van der Waals surface area contributed by atoms with Crippen molar-refractivity contribution in [2.45, 2.75) is 26.2 Å². The SMILES string of the molecule is Cc1nc(-c2cccc(NC(=O)CCC3CCNC3)c2)cs1. The molecule has 3 rings (SSSR count). The van der Waals surface area contributed by atoms with E-state index in [-0.39, 0.29) is 5.91 Å². The lowest BCUT2D eigenvalue weighted by molar-refractivity contribution is -0.116. The van der Waals surface area contributed by atoms with Crippen molar-refractivity contribution in [2.24, 2.45) is 5.92 Å². The van der Waals surface area contributed by atoms with Gasteiger partial charge in [-0.3, -0.25) is 4.79 Å². The maximum atomic E-state index is 12.1. The van der Waals surface area contributed by atoms with Crippen LogP contribution in [-0.2, 0) is 4.79 Å². The molecule has 1 unspecified atom stereocenters. The summed E-state index contributed by atoms with van der Waals surface area (Å²) >= 11 is 1.64. The number of anilines is 1. The van der Waals surface area contributed by atoms with Gasteiger partial charge in [0.25, 0.3) is 0 Å². The number of hydrogen-bond acceptors (Lipinski definition) is 4. The topological polar surface area (TPSA) is 54.0 Å². The zero-order chi connectivity index (χ0) is 15.4. The Morgan fingerprint density at radius 2 is 2.41 bits per heavy atom. The van der Waals surface area contributed by atoms with Gasteiger partial charge < -0.3 is 10.6 Å². The van der Waals surface area contributed by atoms with Gasteiger partial charge in [0.1, 0.15) is 0 Å². The number of hydrogen-bond donors (Lipinski definition) is 2. The van der Waals surface area contributed by atoms with E-state index in [4.69, 9.17) is 0 Å². The van der Waals surface area contributed by atoms with E-state index in [1.807, 2.05) is 36.6 Å². The van der Waals surface area contributed by atoms with Crippen molar-refractivity contribution in [3.63, 3.8) is 0 Å². The maximum Gasteiger partial charge on any atom is 0.224 e. The molecule has 4 nitrogen and oxygen atoms in total. The van der Waals surface area contributed by atoms with Crippen molar-refractivity contribution in [3.8, 4) is 11.3 Å². The van der Waals surface area contributed by atoms with Gasteiger partial charge in [0.15, 0.2) is 0 Å². The molecule has 1 amide bonds. The van der Waals surface area contributed by atoms with Gasteiger partial charge in [0.05, 0.1) is 10.7 Å². The van der Waals surface area contributed by atoms with Crippen LogP contribution in [0.1, 0.15) is 24.3 Å². The Bertz CT molecular complexity index is 647. The van der Waals surface area contributed by atoms with Gasteiger partial charge in [0.2, 0.25) is 5.91 Å². The predicted molar refractivity (Wildman–Crippen MR) is 91.1 cm³/mol. The van der Waals surface area contributed by atoms with Crippen molar-refractivity contribution in [3.05, 3.63) is 34.7 Å². The summed E-state index contributed by atoms with van der Waals surface area (Å²) in [4.78, 5) is 16.6. The minimum atomic E-state index is 0.0958. The molecule has 1 aliphatic heterocycles. The smallest absolute Gasteiger partial charge is 0.224 e. The van der Waals surface area contributed by atoms with Gasteiger partial charge in [-0.25, -0.2) is 4.98 Å². The number of rotatable bonds is 5. The fourth-order valence-electron chi connectivity index (χ4n) is 2.77. The van der Waals surface area contributed by atoms with E-state index in [1.165, 1.54) is 6.42 Å². The molecule has 0 aliphatic carbocycles. The number of aryl methyl sites for hydroxylation is 1. The normalized spacial score (nSPS) is 17.6. The van der Waals surface area contributed by atoms with Crippen LogP contribution < -0.4 is 10.6 Å². The van der Waals surface area contributed by atoms with E-state index in [0.29, 0.717) is 12.3 Å². The van der Waals surface area contributed by atoms with E-state index in [0.717, 1.165) is 41.5 Å². The highest BCUT2D eigenvalue weighted by Crippen LogP contribution is 2.24. The van der Waals surface area contributed by atoms with Crippen LogP contribution in [0.3, 0.4) is 0 Å². The molecule has 2 aromatic rings. The number of carbonyl (C=O) groups is 1. The molecule has 0 radical (unpaired) electrons. The fourth-order valence-corrected chi connectivity index (χ4v) is 3.39. The maximum absolute atomic E-state index is 12.1. The second-order valence-electron chi connectivity index (χ2n) is 5.78. The molecule has 2 N–H and O–H groups in total. The van der Waals surface area contributed by atoms with Gasteiger partial charge in [0, 0.05) is 23.1 Å². The Kier molecular flexibility index (Phi) is 4.85. The van der Waals surface area contributed by atoms with Gasteiger partial charge in [-0.2, -0.15) is 0 Å². The zero-order valence-electron chi connectivity index (χ0n) is 12.8. The second kappa shape index (κ2) is 7.03. The Morgan fingerprint density at radius 1 is 1.50 bits per heavy atom. The number of carbonyl (C=O) groups excluding carboxylic acids is 1. The van der Waals surface area contributed by atoms with E-state index in [9.17, 15) is 4.79 Å². The molecule has 1 aromatic heterocycles. The molecule has 0 saturated carbocycles. The van der Waals surface area contributed by atoms with Crippen molar-refractivity contribution >= 4 is 22.9 Å². The number of nitrogens with one attached hydrogen (secondary N) is 2. The summed E-state index contributed by atoms with van der Waals surface area (Å²) in [5, 5.41) is 9.43. The van der Waals surface area contributed by atoms with Crippen LogP contribution in [0.2, 0.25) is 0 Å². The summed E-state index contributed by atoms with van der Waals surface area (Å²) in [7, 11) is 0. The highest BCUT2D eigenvalue weighted by molar-refractivity contribution is 7.09. The van der Waals surface area contributed by atoms with Crippen LogP contribution in [0.25, 0.3) is 11.3 Å². The first-order valence-corrected chi connectivity index (χ1v) is 8.62. The first-order valence-electron chi connectivity index (χ1n) is 7.74. The average molecular weight is 315 g/mol. The van der Waals surface area contributed by atoms with E-state index >= 15 is 0 Å². The Hall–Kier alpha value is -1.72. The average Bonchev–Trinajstić information content (AvgIpc) is 3.17. The zero-order valence-corrected chi connectivity index (χ0v) is 13.6. The monoisotopic (exact) mass is 315 g/mol. The number of nitrogens with zero attached hydrogens (tertiary/aromatic N) is 1. The van der Waals surface area contributed by atoms with Crippen molar-refractivity contribution in [2.75, 3.05) is 18.4 Å². The molecule has 1 aliphatic rings. The quantitative estimate of drug-likeness (QED) is 0.888. The molecule has 1 aromatic carbocycles. The molecule has 22 heavy (non-hydrogen) atoms.